The summed E-state index contributed by atoms with van der Waals surface area (Å²) in [7, 11) is 0. The molecule has 0 spiro atoms. The van der Waals surface area contributed by atoms with Gasteiger partial charge in [-0.3, -0.25) is 4.79 Å². The van der Waals surface area contributed by atoms with E-state index in [4.69, 9.17) is 9.47 Å². The molecule has 0 aliphatic heterocycles. The summed E-state index contributed by atoms with van der Waals surface area (Å²) in [6.45, 7) is 3.68. The van der Waals surface area contributed by atoms with Crippen LogP contribution in [0.1, 0.15) is 42.7 Å². The number of aromatic nitrogens is 1. The molecule has 1 aliphatic carbocycles. The number of carbonyl (C=O) groups excluding carboxylic acids is 1. The van der Waals surface area contributed by atoms with Crippen LogP contribution in [0.5, 0.6) is 11.6 Å². The Kier molecular flexibility index (Phi) is 6.05. The fraction of sp³-hybridized carbons (Fsp3) is 0.269. The lowest BCUT2D eigenvalue weighted by molar-refractivity contribution is -0.149. The normalized spacial score (nSPS) is 19.5. The molecule has 1 unspecified atom stereocenters. The van der Waals surface area contributed by atoms with E-state index in [2.05, 4.69) is 4.98 Å². The number of para-hydroxylation sites is 1. The van der Waals surface area contributed by atoms with E-state index in [-0.39, 0.29) is 17.5 Å². The zero-order valence-corrected chi connectivity index (χ0v) is 18.4. The van der Waals surface area contributed by atoms with Gasteiger partial charge in [0.05, 0.1) is 17.2 Å². The molecular weight excluding hydrogens is 445 g/mol. The van der Waals surface area contributed by atoms with Gasteiger partial charge in [0.25, 0.3) is 0 Å². The van der Waals surface area contributed by atoms with Gasteiger partial charge in [-0.2, -0.15) is 18.4 Å². The summed E-state index contributed by atoms with van der Waals surface area (Å²) in [5, 5.41) is 9.62. The first-order valence-electron chi connectivity index (χ1n) is 10.6. The number of rotatable bonds is 6. The molecule has 0 amide bonds. The van der Waals surface area contributed by atoms with E-state index >= 15 is 0 Å². The van der Waals surface area contributed by atoms with Crippen LogP contribution < -0.4 is 4.74 Å². The highest BCUT2D eigenvalue weighted by atomic mass is 19.4. The predicted octanol–water partition coefficient (Wildman–Crippen LogP) is 6.44. The molecule has 1 saturated carbocycles. The number of hydrogen-bond acceptors (Lipinski definition) is 5. The molecule has 1 aliphatic rings. The van der Waals surface area contributed by atoms with Crippen molar-refractivity contribution in [2.24, 2.45) is 11.3 Å². The fourth-order valence-corrected chi connectivity index (χ4v) is 4.16. The van der Waals surface area contributed by atoms with Crippen LogP contribution in [0, 0.1) is 22.7 Å². The first-order chi connectivity index (χ1) is 16.1. The van der Waals surface area contributed by atoms with E-state index in [0.717, 1.165) is 12.1 Å². The molecule has 5 nitrogen and oxygen atoms in total. The molecule has 174 valence electrons. The maximum Gasteiger partial charge on any atom is 0.416 e. The Morgan fingerprint density at radius 3 is 2.32 bits per heavy atom. The highest BCUT2D eigenvalue weighted by molar-refractivity contribution is 5.80. The quantitative estimate of drug-likeness (QED) is 0.391. The van der Waals surface area contributed by atoms with E-state index in [9.17, 15) is 23.2 Å². The van der Waals surface area contributed by atoms with Crippen LogP contribution in [-0.2, 0) is 15.7 Å². The second kappa shape index (κ2) is 8.82. The molecule has 1 aromatic heterocycles. The molecule has 3 atom stereocenters. The molecule has 2 aromatic carbocycles. The van der Waals surface area contributed by atoms with Crippen molar-refractivity contribution < 1.29 is 27.4 Å². The van der Waals surface area contributed by atoms with Crippen molar-refractivity contribution in [3.63, 3.8) is 0 Å². The van der Waals surface area contributed by atoms with Crippen molar-refractivity contribution in [1.82, 2.24) is 4.98 Å². The number of hydrogen-bond donors (Lipinski definition) is 0. The topological polar surface area (TPSA) is 72.2 Å². The Balaban J connectivity index is 1.47. The van der Waals surface area contributed by atoms with E-state index in [1.807, 2.05) is 38.1 Å². The highest BCUT2D eigenvalue weighted by Crippen LogP contribution is 2.65. The lowest BCUT2D eigenvalue weighted by Crippen LogP contribution is -2.15. The number of ether oxygens (including phenoxy) is 2. The number of benzene rings is 2. The van der Waals surface area contributed by atoms with Crippen molar-refractivity contribution in [1.29, 1.82) is 5.26 Å². The number of pyridine rings is 1. The number of alkyl halides is 3. The van der Waals surface area contributed by atoms with E-state index in [0.29, 0.717) is 11.3 Å². The summed E-state index contributed by atoms with van der Waals surface area (Å²) in [5.74, 6) is -0.699. The maximum absolute atomic E-state index is 12.9. The minimum Gasteiger partial charge on any atom is -0.440 e. The lowest BCUT2D eigenvalue weighted by atomic mass is 10.0. The SMILES string of the molecule is CC1(C)[C@@H](C(=O)OC(C#N)c2cccc(Oc3ccccc3)n2)[C@@H]1c1ccc(C(F)(F)F)cc1. The largest absolute Gasteiger partial charge is 0.440 e. The van der Waals surface area contributed by atoms with E-state index in [1.54, 1.807) is 30.3 Å². The van der Waals surface area contributed by atoms with E-state index in [1.165, 1.54) is 12.1 Å². The summed E-state index contributed by atoms with van der Waals surface area (Å²) >= 11 is 0. The molecule has 34 heavy (non-hydrogen) atoms. The lowest BCUT2D eigenvalue weighted by Gasteiger charge is -2.12. The van der Waals surface area contributed by atoms with Crippen molar-refractivity contribution in [2.75, 3.05) is 0 Å². The Morgan fingerprint density at radius 2 is 1.71 bits per heavy atom. The van der Waals surface area contributed by atoms with Gasteiger partial charge in [-0.05, 0) is 41.3 Å². The van der Waals surface area contributed by atoms with Crippen LogP contribution in [0.4, 0.5) is 13.2 Å². The summed E-state index contributed by atoms with van der Waals surface area (Å²) in [4.78, 5) is 17.2. The molecule has 1 heterocycles. The molecule has 8 heteroatoms. The molecule has 0 bridgehead atoms. The number of halogens is 3. The van der Waals surface area contributed by atoms with Crippen molar-refractivity contribution >= 4 is 5.97 Å². The zero-order chi connectivity index (χ0) is 24.5. The third-order valence-electron chi connectivity index (χ3n) is 6.01. The van der Waals surface area contributed by atoms with Crippen LogP contribution in [0.3, 0.4) is 0 Å². The van der Waals surface area contributed by atoms with Crippen LogP contribution in [0.25, 0.3) is 0 Å². The molecule has 0 N–H and O–H groups in total. The third kappa shape index (κ3) is 4.74. The second-order valence-corrected chi connectivity index (χ2v) is 8.66. The zero-order valence-electron chi connectivity index (χ0n) is 18.4. The van der Waals surface area contributed by atoms with Gasteiger partial charge in [-0.25, -0.2) is 4.98 Å². The third-order valence-corrected chi connectivity index (χ3v) is 6.01. The summed E-state index contributed by atoms with van der Waals surface area (Å²) < 4.78 is 49.8. The average molecular weight is 466 g/mol. The van der Waals surface area contributed by atoms with Crippen molar-refractivity contribution in [3.05, 3.63) is 89.6 Å². The van der Waals surface area contributed by atoms with Crippen LogP contribution >= 0.6 is 0 Å². The molecule has 1 fully saturated rings. The Bertz CT molecular complexity index is 1220. The minimum absolute atomic E-state index is 0.216. The number of carbonyl (C=O) groups is 1. The van der Waals surface area contributed by atoms with Gasteiger partial charge >= 0.3 is 12.1 Å². The van der Waals surface area contributed by atoms with E-state index < -0.39 is 35.1 Å². The number of esters is 1. The summed E-state index contributed by atoms with van der Waals surface area (Å²) in [6, 6.07) is 20.5. The minimum atomic E-state index is -4.43. The van der Waals surface area contributed by atoms with Gasteiger partial charge in [0.15, 0.2) is 0 Å². The van der Waals surface area contributed by atoms with Crippen LogP contribution in [0.15, 0.2) is 72.8 Å². The predicted molar refractivity (Wildman–Crippen MR) is 117 cm³/mol. The summed E-state index contributed by atoms with van der Waals surface area (Å²) in [5.41, 5.74) is -0.441. The second-order valence-electron chi connectivity index (χ2n) is 8.66. The average Bonchev–Trinajstić information content (AvgIpc) is 3.39. The number of nitrogens with zero attached hydrogens (tertiary/aromatic N) is 2. The van der Waals surface area contributed by atoms with Gasteiger partial charge < -0.3 is 9.47 Å². The van der Waals surface area contributed by atoms with Crippen molar-refractivity contribution in [2.45, 2.75) is 32.0 Å². The monoisotopic (exact) mass is 466 g/mol. The Hall–Kier alpha value is -3.86. The Labute approximate surface area is 194 Å². The van der Waals surface area contributed by atoms with Gasteiger partial charge in [-0.15, -0.1) is 0 Å². The van der Waals surface area contributed by atoms with Crippen LogP contribution in [-0.4, -0.2) is 11.0 Å². The molecule has 3 aromatic rings. The van der Waals surface area contributed by atoms with Gasteiger partial charge in [-0.1, -0.05) is 50.2 Å². The first-order valence-corrected chi connectivity index (χ1v) is 10.6. The van der Waals surface area contributed by atoms with Gasteiger partial charge in [0, 0.05) is 12.0 Å². The van der Waals surface area contributed by atoms with Gasteiger partial charge in [0.1, 0.15) is 11.8 Å². The van der Waals surface area contributed by atoms with Crippen molar-refractivity contribution in [3.8, 4) is 17.7 Å². The summed E-state index contributed by atoms with van der Waals surface area (Å²) in [6.07, 6.45) is -5.68. The molecule has 0 radical (unpaired) electrons. The first kappa shape index (κ1) is 23.3. The standard InChI is InChI=1S/C26H21F3N2O3/c1-25(2)22(16-11-13-17(14-12-16)26(27,28)29)23(25)24(32)34-20(15-30)19-9-6-10-21(31-19)33-18-7-4-3-5-8-18/h3-14,20,22-23H,1-2H3/t20?,22-,23+/m0/s1. The molecule has 0 saturated heterocycles. The Morgan fingerprint density at radius 1 is 1.03 bits per heavy atom. The van der Waals surface area contributed by atoms with Crippen LogP contribution in [0.2, 0.25) is 0 Å². The number of nitriles is 1. The fourth-order valence-electron chi connectivity index (χ4n) is 4.16. The maximum atomic E-state index is 12.9. The smallest absolute Gasteiger partial charge is 0.416 e. The highest BCUT2D eigenvalue weighted by Gasteiger charge is 2.63. The van der Waals surface area contributed by atoms with Gasteiger partial charge in [0.2, 0.25) is 12.0 Å². The molecular formula is C26H21F3N2O3. The molecule has 4 rings (SSSR count).